The van der Waals surface area contributed by atoms with Crippen LogP contribution in [0.4, 0.5) is 13.2 Å². The van der Waals surface area contributed by atoms with E-state index in [9.17, 15) is 22.8 Å². The maximum absolute atomic E-state index is 12.7. The summed E-state index contributed by atoms with van der Waals surface area (Å²) in [4.78, 5) is 23.8. The Morgan fingerprint density at radius 1 is 1.52 bits per heavy atom. The fourth-order valence-corrected chi connectivity index (χ4v) is 2.55. The van der Waals surface area contributed by atoms with Gasteiger partial charge in [-0.25, -0.2) is 0 Å². The van der Waals surface area contributed by atoms with Crippen molar-refractivity contribution >= 4 is 17.5 Å². The molecule has 1 aliphatic rings. The SMILES string of the molecule is CO[C@H]1CNC[C@@H]1NC(=O)Cn1cc(C(F)(F)F)cc(Cl)c1=O. The van der Waals surface area contributed by atoms with E-state index in [1.165, 1.54) is 7.11 Å². The van der Waals surface area contributed by atoms with Gasteiger partial charge in [-0.3, -0.25) is 9.59 Å². The second kappa shape index (κ2) is 6.90. The number of hydrogen-bond donors (Lipinski definition) is 2. The van der Waals surface area contributed by atoms with Crippen molar-refractivity contribution in [1.29, 1.82) is 0 Å². The molecule has 0 radical (unpaired) electrons. The molecule has 0 aromatic carbocycles. The van der Waals surface area contributed by atoms with Gasteiger partial charge in [-0.1, -0.05) is 11.6 Å². The van der Waals surface area contributed by atoms with Crippen molar-refractivity contribution < 1.29 is 22.7 Å². The van der Waals surface area contributed by atoms with Crippen LogP contribution in [0.2, 0.25) is 5.02 Å². The van der Waals surface area contributed by atoms with Gasteiger partial charge in [0.1, 0.15) is 11.6 Å². The van der Waals surface area contributed by atoms with Crippen molar-refractivity contribution in [3.8, 4) is 0 Å². The van der Waals surface area contributed by atoms with Crippen molar-refractivity contribution in [2.45, 2.75) is 24.9 Å². The third kappa shape index (κ3) is 4.24. The Bertz CT molecular complexity index is 648. The molecule has 10 heteroatoms. The Morgan fingerprint density at radius 2 is 2.22 bits per heavy atom. The van der Waals surface area contributed by atoms with Crippen LogP contribution in [0.25, 0.3) is 0 Å². The van der Waals surface area contributed by atoms with Crippen LogP contribution in [0.1, 0.15) is 5.56 Å². The van der Waals surface area contributed by atoms with Crippen LogP contribution in [0, 0.1) is 0 Å². The summed E-state index contributed by atoms with van der Waals surface area (Å²) in [7, 11) is 1.49. The van der Waals surface area contributed by atoms with E-state index >= 15 is 0 Å². The molecule has 0 aliphatic carbocycles. The maximum atomic E-state index is 12.7. The molecule has 23 heavy (non-hydrogen) atoms. The van der Waals surface area contributed by atoms with E-state index in [2.05, 4.69) is 10.6 Å². The minimum Gasteiger partial charge on any atom is -0.378 e. The number of pyridine rings is 1. The number of halogens is 4. The van der Waals surface area contributed by atoms with Gasteiger partial charge in [-0.05, 0) is 6.07 Å². The normalized spacial score (nSPS) is 21.4. The predicted octanol–water partition coefficient (Wildman–Crippen LogP) is 0.623. The second-order valence-corrected chi connectivity index (χ2v) is 5.52. The van der Waals surface area contributed by atoms with Crippen LogP contribution in [0.5, 0.6) is 0 Å². The summed E-state index contributed by atoms with van der Waals surface area (Å²) in [6.07, 6.45) is -4.32. The molecule has 1 aliphatic heterocycles. The lowest BCUT2D eigenvalue weighted by molar-refractivity contribution is -0.138. The second-order valence-electron chi connectivity index (χ2n) is 5.11. The maximum Gasteiger partial charge on any atom is 0.417 e. The number of nitrogens with one attached hydrogen (secondary N) is 2. The van der Waals surface area contributed by atoms with Gasteiger partial charge in [0, 0.05) is 26.4 Å². The lowest BCUT2D eigenvalue weighted by atomic mass is 10.2. The fourth-order valence-electron chi connectivity index (χ4n) is 2.33. The minimum absolute atomic E-state index is 0.235. The molecule has 1 fully saturated rings. The van der Waals surface area contributed by atoms with E-state index < -0.39 is 34.8 Å². The Morgan fingerprint density at radius 3 is 2.83 bits per heavy atom. The summed E-state index contributed by atoms with van der Waals surface area (Å²) in [6, 6.07) is 0.227. The molecule has 1 aromatic rings. The highest BCUT2D eigenvalue weighted by Gasteiger charge is 2.32. The van der Waals surface area contributed by atoms with Crippen molar-refractivity contribution in [3.05, 3.63) is 33.2 Å². The Hall–Kier alpha value is -1.58. The van der Waals surface area contributed by atoms with Crippen LogP contribution >= 0.6 is 11.6 Å². The summed E-state index contributed by atoms with van der Waals surface area (Å²) in [5.74, 6) is -0.599. The predicted molar refractivity (Wildman–Crippen MR) is 76.3 cm³/mol. The molecule has 1 aromatic heterocycles. The number of aromatic nitrogens is 1. The van der Waals surface area contributed by atoms with Crippen LogP contribution in [-0.2, 0) is 22.3 Å². The van der Waals surface area contributed by atoms with E-state index in [1.54, 1.807) is 0 Å². The Labute approximate surface area is 134 Å². The number of amides is 1. The van der Waals surface area contributed by atoms with Crippen molar-refractivity contribution in [3.63, 3.8) is 0 Å². The lowest BCUT2D eigenvalue weighted by Crippen LogP contribution is -2.45. The molecule has 0 spiro atoms. The van der Waals surface area contributed by atoms with E-state index in [-0.39, 0.29) is 12.1 Å². The summed E-state index contributed by atoms with van der Waals surface area (Å²) in [6.45, 7) is 0.467. The van der Waals surface area contributed by atoms with E-state index in [0.29, 0.717) is 29.9 Å². The molecule has 1 saturated heterocycles. The molecular weight excluding hydrogens is 339 g/mol. The van der Waals surface area contributed by atoms with Gasteiger partial charge in [0.2, 0.25) is 5.91 Å². The largest absolute Gasteiger partial charge is 0.417 e. The molecule has 0 bridgehead atoms. The standard InChI is InChI=1S/C13H15ClF3N3O3/c1-23-10-4-18-3-9(10)19-11(21)6-20-5-7(13(15,16)17)2-8(14)12(20)22/h2,5,9-10,18H,3-4,6H2,1H3,(H,19,21)/t9-,10-/m0/s1. The third-order valence-corrected chi connectivity index (χ3v) is 3.76. The van der Waals surface area contributed by atoms with Gasteiger partial charge in [-0.15, -0.1) is 0 Å². The van der Waals surface area contributed by atoms with Crippen LogP contribution < -0.4 is 16.2 Å². The summed E-state index contributed by atoms with van der Waals surface area (Å²) < 4.78 is 44.0. The summed E-state index contributed by atoms with van der Waals surface area (Å²) in [5.41, 5.74) is -1.95. The number of methoxy groups -OCH3 is 1. The molecule has 6 nitrogen and oxygen atoms in total. The third-order valence-electron chi connectivity index (χ3n) is 3.49. The first-order chi connectivity index (χ1) is 10.7. The molecule has 2 heterocycles. The van der Waals surface area contributed by atoms with Gasteiger partial charge in [-0.2, -0.15) is 13.2 Å². The lowest BCUT2D eigenvalue weighted by Gasteiger charge is -2.19. The number of rotatable bonds is 4. The molecule has 0 unspecified atom stereocenters. The Kier molecular flexibility index (Phi) is 5.33. The number of ether oxygens (including phenoxy) is 1. The van der Waals surface area contributed by atoms with Crippen LogP contribution in [-0.4, -0.2) is 42.8 Å². The fraction of sp³-hybridized carbons (Fsp3) is 0.538. The van der Waals surface area contributed by atoms with Crippen molar-refractivity contribution in [2.24, 2.45) is 0 Å². The monoisotopic (exact) mass is 353 g/mol. The first-order valence-corrected chi connectivity index (χ1v) is 7.10. The molecule has 2 rings (SSSR count). The minimum atomic E-state index is -4.66. The smallest absolute Gasteiger partial charge is 0.378 e. The van der Waals surface area contributed by atoms with Crippen molar-refractivity contribution in [2.75, 3.05) is 20.2 Å². The highest BCUT2D eigenvalue weighted by molar-refractivity contribution is 6.30. The molecule has 2 atom stereocenters. The zero-order chi connectivity index (χ0) is 17.2. The quantitative estimate of drug-likeness (QED) is 0.832. The average molecular weight is 354 g/mol. The summed E-state index contributed by atoms with van der Waals surface area (Å²) in [5, 5.41) is 5.04. The van der Waals surface area contributed by atoms with E-state index in [4.69, 9.17) is 16.3 Å². The van der Waals surface area contributed by atoms with Crippen LogP contribution in [0.15, 0.2) is 17.1 Å². The number of carbonyl (C=O) groups is 1. The first kappa shape index (κ1) is 17.8. The van der Waals surface area contributed by atoms with Crippen molar-refractivity contribution in [1.82, 2.24) is 15.2 Å². The number of carbonyl (C=O) groups excluding carboxylic acids is 1. The molecular formula is C13H15ClF3N3O3. The van der Waals surface area contributed by atoms with Gasteiger partial charge in [0.15, 0.2) is 0 Å². The van der Waals surface area contributed by atoms with Gasteiger partial charge in [0.05, 0.1) is 17.7 Å². The summed E-state index contributed by atoms with van der Waals surface area (Å²) >= 11 is 5.53. The van der Waals surface area contributed by atoms with Gasteiger partial charge >= 0.3 is 6.18 Å². The molecule has 128 valence electrons. The highest BCUT2D eigenvalue weighted by atomic mass is 35.5. The topological polar surface area (TPSA) is 72.4 Å². The van der Waals surface area contributed by atoms with Gasteiger partial charge < -0.3 is 19.9 Å². The van der Waals surface area contributed by atoms with E-state index in [1.807, 2.05) is 0 Å². The number of alkyl halides is 3. The number of hydrogen-bond acceptors (Lipinski definition) is 4. The average Bonchev–Trinajstić information content (AvgIpc) is 2.89. The zero-order valence-electron chi connectivity index (χ0n) is 12.1. The van der Waals surface area contributed by atoms with E-state index in [0.717, 1.165) is 0 Å². The van der Waals surface area contributed by atoms with Crippen LogP contribution in [0.3, 0.4) is 0 Å². The molecule has 0 saturated carbocycles. The molecule has 2 N–H and O–H groups in total. The highest BCUT2D eigenvalue weighted by Crippen LogP contribution is 2.29. The number of nitrogens with zero attached hydrogens (tertiary/aromatic N) is 1. The Balaban J connectivity index is 2.14. The van der Waals surface area contributed by atoms with Gasteiger partial charge in [0.25, 0.3) is 5.56 Å². The molecule has 1 amide bonds. The zero-order valence-corrected chi connectivity index (χ0v) is 12.9. The first-order valence-electron chi connectivity index (χ1n) is 6.72.